The number of ether oxygens (including phenoxy) is 1. The maximum absolute atomic E-state index is 13.3. The van der Waals surface area contributed by atoms with Crippen molar-refractivity contribution in [1.29, 1.82) is 0 Å². The van der Waals surface area contributed by atoms with Crippen LogP contribution in [-0.2, 0) is 14.3 Å². The molecular formula is C21H25N3O4. The fourth-order valence-electron chi connectivity index (χ4n) is 4.44. The smallest absolute Gasteiger partial charge is 0.309 e. The summed E-state index contributed by atoms with van der Waals surface area (Å²) in [5.41, 5.74) is 0.906. The second-order valence-electron chi connectivity index (χ2n) is 7.53. The van der Waals surface area contributed by atoms with Crippen LogP contribution in [0.3, 0.4) is 0 Å². The van der Waals surface area contributed by atoms with Crippen molar-refractivity contribution in [2.24, 2.45) is 11.8 Å². The van der Waals surface area contributed by atoms with E-state index in [2.05, 4.69) is 5.10 Å². The van der Waals surface area contributed by atoms with Crippen LogP contribution in [0.5, 0.6) is 0 Å². The zero-order valence-electron chi connectivity index (χ0n) is 15.7. The molecule has 0 radical (unpaired) electrons. The second-order valence-corrected chi connectivity index (χ2v) is 7.53. The van der Waals surface area contributed by atoms with E-state index in [1.807, 2.05) is 47.5 Å². The van der Waals surface area contributed by atoms with Gasteiger partial charge in [-0.2, -0.15) is 5.10 Å². The Morgan fingerprint density at radius 2 is 1.86 bits per heavy atom. The monoisotopic (exact) mass is 383 g/mol. The van der Waals surface area contributed by atoms with Crippen LogP contribution in [0.2, 0.25) is 0 Å². The molecule has 7 heteroatoms. The molecule has 0 aliphatic carbocycles. The van der Waals surface area contributed by atoms with Gasteiger partial charge in [-0.25, -0.2) is 0 Å². The van der Waals surface area contributed by atoms with Crippen molar-refractivity contribution in [2.75, 3.05) is 19.7 Å². The summed E-state index contributed by atoms with van der Waals surface area (Å²) in [6.45, 7) is 1.73. The van der Waals surface area contributed by atoms with Gasteiger partial charge in [0.25, 0.3) is 5.91 Å². The number of benzene rings is 1. The fraction of sp³-hybridized carbons (Fsp3) is 0.476. The molecule has 2 aromatic rings. The number of aliphatic carboxylic acids is 1. The average molecular weight is 383 g/mol. The number of carboxylic acids is 1. The van der Waals surface area contributed by atoms with E-state index >= 15 is 0 Å². The molecule has 1 aromatic carbocycles. The predicted molar refractivity (Wildman–Crippen MR) is 102 cm³/mol. The number of aromatic nitrogens is 2. The lowest BCUT2D eigenvalue weighted by atomic mass is 9.84. The molecule has 2 saturated heterocycles. The van der Waals surface area contributed by atoms with Gasteiger partial charge in [0.2, 0.25) is 0 Å². The summed E-state index contributed by atoms with van der Waals surface area (Å²) in [7, 11) is 0. The van der Waals surface area contributed by atoms with E-state index in [1.54, 1.807) is 10.9 Å². The van der Waals surface area contributed by atoms with Gasteiger partial charge < -0.3 is 14.7 Å². The zero-order valence-corrected chi connectivity index (χ0v) is 15.7. The van der Waals surface area contributed by atoms with Gasteiger partial charge in [-0.15, -0.1) is 0 Å². The molecular weight excluding hydrogens is 358 g/mol. The van der Waals surface area contributed by atoms with Gasteiger partial charge in [0.1, 0.15) is 0 Å². The first-order valence-corrected chi connectivity index (χ1v) is 9.82. The van der Waals surface area contributed by atoms with Crippen molar-refractivity contribution in [1.82, 2.24) is 14.7 Å². The van der Waals surface area contributed by atoms with Crippen molar-refractivity contribution in [3.63, 3.8) is 0 Å². The van der Waals surface area contributed by atoms with E-state index in [0.29, 0.717) is 26.1 Å². The van der Waals surface area contributed by atoms with Crippen LogP contribution < -0.4 is 0 Å². The summed E-state index contributed by atoms with van der Waals surface area (Å²) >= 11 is 0. The average Bonchev–Trinajstić information content (AvgIpc) is 3.41. The first-order valence-electron chi connectivity index (χ1n) is 9.82. The van der Waals surface area contributed by atoms with Gasteiger partial charge in [-0.3, -0.25) is 14.3 Å². The molecule has 0 saturated carbocycles. The van der Waals surface area contributed by atoms with Gasteiger partial charge in [-0.05, 0) is 36.8 Å². The van der Waals surface area contributed by atoms with Crippen LogP contribution in [0.15, 0.2) is 48.8 Å². The minimum atomic E-state index is -0.774. The Morgan fingerprint density at radius 3 is 2.50 bits per heavy atom. The molecule has 4 rings (SSSR count). The number of nitrogens with zero attached hydrogens (tertiary/aromatic N) is 3. The Morgan fingerprint density at radius 1 is 1.11 bits per heavy atom. The molecule has 2 aliphatic heterocycles. The molecule has 3 heterocycles. The van der Waals surface area contributed by atoms with Crippen molar-refractivity contribution in [3.05, 3.63) is 54.4 Å². The van der Waals surface area contributed by atoms with Crippen molar-refractivity contribution in [2.45, 2.75) is 31.4 Å². The Balaban J connectivity index is 1.46. The summed E-state index contributed by atoms with van der Waals surface area (Å²) < 4.78 is 7.44. The topological polar surface area (TPSA) is 84.7 Å². The second kappa shape index (κ2) is 8.14. The summed E-state index contributed by atoms with van der Waals surface area (Å²) in [5.74, 6) is -0.986. The Labute approximate surface area is 163 Å². The van der Waals surface area contributed by atoms with Gasteiger partial charge in [-0.1, -0.05) is 30.3 Å². The summed E-state index contributed by atoms with van der Waals surface area (Å²) in [4.78, 5) is 26.7. The fourth-order valence-corrected chi connectivity index (χ4v) is 4.44. The van der Waals surface area contributed by atoms with Crippen LogP contribution in [0.1, 0.15) is 30.9 Å². The van der Waals surface area contributed by atoms with Crippen LogP contribution in [0.25, 0.3) is 0 Å². The number of rotatable bonds is 5. The van der Waals surface area contributed by atoms with Crippen LogP contribution in [-0.4, -0.2) is 57.5 Å². The largest absolute Gasteiger partial charge is 0.481 e. The molecule has 3 atom stereocenters. The van der Waals surface area contributed by atoms with Crippen LogP contribution in [0, 0.1) is 11.8 Å². The Hall–Kier alpha value is -2.67. The number of hydrogen-bond donors (Lipinski definition) is 1. The Kier molecular flexibility index (Phi) is 5.43. The van der Waals surface area contributed by atoms with Crippen molar-refractivity contribution < 1.29 is 19.4 Å². The highest BCUT2D eigenvalue weighted by atomic mass is 16.5. The molecule has 2 fully saturated rings. The molecule has 0 spiro atoms. The minimum Gasteiger partial charge on any atom is -0.481 e. The van der Waals surface area contributed by atoms with E-state index in [4.69, 9.17) is 4.74 Å². The summed E-state index contributed by atoms with van der Waals surface area (Å²) in [6, 6.07) is 11.0. The minimum absolute atomic E-state index is 0.0236. The highest BCUT2D eigenvalue weighted by Gasteiger charge is 2.41. The van der Waals surface area contributed by atoms with Crippen molar-refractivity contribution >= 4 is 11.9 Å². The van der Waals surface area contributed by atoms with E-state index in [9.17, 15) is 14.7 Å². The third-order valence-electron chi connectivity index (χ3n) is 5.91. The molecule has 0 bridgehead atoms. The summed E-state index contributed by atoms with van der Waals surface area (Å²) in [5, 5.41) is 13.7. The van der Waals surface area contributed by atoms with Crippen LogP contribution in [0.4, 0.5) is 0 Å². The van der Waals surface area contributed by atoms with Gasteiger partial charge in [0.05, 0.1) is 12.0 Å². The number of piperidine rings is 1. The highest BCUT2D eigenvalue weighted by molar-refractivity contribution is 5.83. The lowest BCUT2D eigenvalue weighted by Gasteiger charge is -2.37. The molecule has 1 aromatic heterocycles. The van der Waals surface area contributed by atoms with Crippen molar-refractivity contribution in [3.8, 4) is 0 Å². The van der Waals surface area contributed by atoms with Gasteiger partial charge in [0, 0.05) is 32.1 Å². The van der Waals surface area contributed by atoms with E-state index in [1.165, 1.54) is 0 Å². The van der Waals surface area contributed by atoms with E-state index in [-0.39, 0.29) is 17.9 Å². The number of carbonyl (C=O) groups excluding carboxylic acids is 1. The molecule has 148 valence electrons. The quantitative estimate of drug-likeness (QED) is 0.856. The maximum atomic E-state index is 13.3. The molecule has 7 nitrogen and oxygen atoms in total. The van der Waals surface area contributed by atoms with Crippen LogP contribution >= 0.6 is 0 Å². The summed E-state index contributed by atoms with van der Waals surface area (Å²) in [6.07, 6.45) is 5.37. The van der Waals surface area contributed by atoms with Gasteiger partial charge >= 0.3 is 5.97 Å². The SMILES string of the molecule is O=C(O)C1CCO[C@H]1C1CCN(C(=O)C(c2ccccc2)n2cccn2)CC1. The first kappa shape index (κ1) is 18.7. The highest BCUT2D eigenvalue weighted by Crippen LogP contribution is 2.34. The molecule has 28 heavy (non-hydrogen) atoms. The zero-order chi connectivity index (χ0) is 19.5. The number of carboxylic acid groups (broad SMARTS) is 1. The number of hydrogen-bond acceptors (Lipinski definition) is 4. The number of likely N-dealkylation sites (tertiary alicyclic amines) is 1. The molecule has 1 N–H and O–H groups in total. The number of carbonyl (C=O) groups is 2. The lowest BCUT2D eigenvalue weighted by molar-refractivity contribution is -0.146. The first-order chi connectivity index (χ1) is 13.6. The lowest BCUT2D eigenvalue weighted by Crippen LogP contribution is -2.46. The molecule has 2 aliphatic rings. The normalized spacial score (nSPS) is 24.2. The number of amides is 1. The third-order valence-corrected chi connectivity index (χ3v) is 5.91. The van der Waals surface area contributed by atoms with E-state index in [0.717, 1.165) is 18.4 Å². The molecule has 2 unspecified atom stereocenters. The maximum Gasteiger partial charge on any atom is 0.309 e. The standard InChI is InChI=1S/C21H25N3O4/c25-20(18(24-11-4-10-22-24)15-5-2-1-3-6-15)23-12-7-16(8-13-23)19-17(21(26)27)9-14-28-19/h1-6,10-11,16-19H,7-9,12-14H2,(H,26,27)/t17?,18?,19-/m0/s1. The Bertz CT molecular complexity index is 800. The predicted octanol–water partition coefficient (Wildman–Crippen LogP) is 2.20. The van der Waals surface area contributed by atoms with Gasteiger partial charge in [0.15, 0.2) is 6.04 Å². The molecule has 1 amide bonds. The van der Waals surface area contributed by atoms with E-state index < -0.39 is 17.9 Å². The third kappa shape index (κ3) is 3.67.